The third-order valence-corrected chi connectivity index (χ3v) is 3.89. The zero-order valence-corrected chi connectivity index (χ0v) is 14.8. The average Bonchev–Trinajstić information content (AvgIpc) is 2.54. The van der Waals surface area contributed by atoms with Crippen LogP contribution in [0.2, 0.25) is 0 Å². The largest absolute Gasteiger partial charge is 0.481 e. The third-order valence-electron chi connectivity index (χ3n) is 3.89. The molecule has 25 heavy (non-hydrogen) atoms. The number of amides is 1. The van der Waals surface area contributed by atoms with E-state index in [1.807, 2.05) is 24.3 Å². The zero-order valence-electron chi connectivity index (χ0n) is 14.8. The predicted octanol–water partition coefficient (Wildman–Crippen LogP) is 4.43. The van der Waals surface area contributed by atoms with E-state index in [9.17, 15) is 14.9 Å². The molecular formula is C19H22N2O4. The van der Waals surface area contributed by atoms with Crippen molar-refractivity contribution in [1.82, 2.24) is 0 Å². The fourth-order valence-corrected chi connectivity index (χ4v) is 2.51. The van der Waals surface area contributed by atoms with E-state index in [0.717, 1.165) is 11.3 Å². The lowest BCUT2D eigenvalue weighted by atomic mass is 10.0. The van der Waals surface area contributed by atoms with Crippen molar-refractivity contribution in [3.63, 3.8) is 0 Å². The van der Waals surface area contributed by atoms with Gasteiger partial charge in [0.25, 0.3) is 11.6 Å². The van der Waals surface area contributed by atoms with Gasteiger partial charge in [-0.25, -0.2) is 0 Å². The zero-order chi connectivity index (χ0) is 18.6. The van der Waals surface area contributed by atoms with E-state index >= 15 is 0 Å². The number of ether oxygens (including phenoxy) is 1. The van der Waals surface area contributed by atoms with Gasteiger partial charge < -0.3 is 10.1 Å². The van der Waals surface area contributed by atoms with Crippen LogP contribution in [0.3, 0.4) is 0 Å². The molecule has 2 rings (SSSR count). The number of carbonyl (C=O) groups excluding carboxylic acids is 1. The number of anilines is 1. The van der Waals surface area contributed by atoms with Crippen LogP contribution in [0, 0.1) is 17.0 Å². The van der Waals surface area contributed by atoms with Crippen LogP contribution in [0.15, 0.2) is 42.5 Å². The first-order valence-corrected chi connectivity index (χ1v) is 8.11. The fraction of sp³-hybridized carbons (Fsp3) is 0.316. The monoisotopic (exact) mass is 342 g/mol. The van der Waals surface area contributed by atoms with Gasteiger partial charge in [0, 0.05) is 17.3 Å². The van der Waals surface area contributed by atoms with Crippen molar-refractivity contribution in [3.05, 3.63) is 63.7 Å². The van der Waals surface area contributed by atoms with E-state index in [1.54, 1.807) is 19.9 Å². The minimum atomic E-state index is -0.735. The lowest BCUT2D eigenvalue weighted by Gasteiger charge is -2.18. The predicted molar refractivity (Wildman–Crippen MR) is 97.1 cm³/mol. The SMILES string of the molecule is Cc1cc(OC(C)C(=O)Nc2ccccc2C(C)C)ccc1[N+](=O)[O-]. The van der Waals surface area contributed by atoms with E-state index < -0.39 is 11.0 Å². The van der Waals surface area contributed by atoms with Crippen molar-refractivity contribution < 1.29 is 14.5 Å². The molecule has 0 fully saturated rings. The second-order valence-corrected chi connectivity index (χ2v) is 6.20. The highest BCUT2D eigenvalue weighted by atomic mass is 16.6. The van der Waals surface area contributed by atoms with E-state index in [1.165, 1.54) is 12.1 Å². The standard InChI is InChI=1S/C19H22N2O4/c1-12(2)16-7-5-6-8-17(16)20-19(22)14(4)25-15-9-10-18(21(23)24)13(3)11-15/h5-12,14H,1-4H3,(H,20,22). The fourth-order valence-electron chi connectivity index (χ4n) is 2.51. The number of nitro benzene ring substituents is 1. The molecular weight excluding hydrogens is 320 g/mol. The Kier molecular flexibility index (Phi) is 5.75. The number of hydrogen-bond donors (Lipinski definition) is 1. The van der Waals surface area contributed by atoms with Gasteiger partial charge in [-0.15, -0.1) is 0 Å². The molecule has 0 bridgehead atoms. The van der Waals surface area contributed by atoms with Crippen LogP contribution in [0.1, 0.15) is 37.8 Å². The summed E-state index contributed by atoms with van der Waals surface area (Å²) >= 11 is 0. The van der Waals surface area contributed by atoms with Crippen LogP contribution in [-0.4, -0.2) is 16.9 Å². The number of benzene rings is 2. The molecule has 1 atom stereocenters. The number of nitrogens with one attached hydrogen (secondary N) is 1. The Bertz CT molecular complexity index is 787. The highest BCUT2D eigenvalue weighted by Gasteiger charge is 2.18. The Morgan fingerprint density at radius 2 is 1.84 bits per heavy atom. The summed E-state index contributed by atoms with van der Waals surface area (Å²) in [6.07, 6.45) is -0.735. The topological polar surface area (TPSA) is 81.5 Å². The number of aryl methyl sites for hydroxylation is 1. The van der Waals surface area contributed by atoms with E-state index in [4.69, 9.17) is 4.74 Å². The van der Waals surface area contributed by atoms with Crippen molar-refractivity contribution in [2.75, 3.05) is 5.32 Å². The maximum atomic E-state index is 12.4. The summed E-state index contributed by atoms with van der Waals surface area (Å²) in [6.45, 7) is 7.40. The van der Waals surface area contributed by atoms with Gasteiger partial charge in [0.1, 0.15) is 5.75 Å². The van der Waals surface area contributed by atoms with Gasteiger partial charge in [-0.05, 0) is 43.5 Å². The Labute approximate surface area is 147 Å². The molecule has 0 saturated carbocycles. The van der Waals surface area contributed by atoms with Crippen LogP contribution < -0.4 is 10.1 Å². The molecule has 0 aromatic heterocycles. The maximum Gasteiger partial charge on any atom is 0.272 e. The summed E-state index contributed by atoms with van der Waals surface area (Å²) in [5.74, 6) is 0.428. The van der Waals surface area contributed by atoms with Gasteiger partial charge in [-0.2, -0.15) is 0 Å². The molecule has 0 radical (unpaired) electrons. The molecule has 1 N–H and O–H groups in total. The van der Waals surface area contributed by atoms with Gasteiger partial charge in [0.15, 0.2) is 6.10 Å². The first-order chi connectivity index (χ1) is 11.8. The number of rotatable bonds is 6. The van der Waals surface area contributed by atoms with Crippen LogP contribution >= 0.6 is 0 Å². The van der Waals surface area contributed by atoms with Crippen LogP contribution in [0.5, 0.6) is 5.75 Å². The molecule has 0 aliphatic rings. The number of para-hydroxylation sites is 1. The normalized spacial score (nSPS) is 11.9. The lowest BCUT2D eigenvalue weighted by Crippen LogP contribution is -2.30. The molecule has 0 aliphatic carbocycles. The third kappa shape index (κ3) is 4.56. The second-order valence-electron chi connectivity index (χ2n) is 6.20. The van der Waals surface area contributed by atoms with Crippen molar-refractivity contribution in [3.8, 4) is 5.75 Å². The Hall–Kier alpha value is -2.89. The van der Waals surface area contributed by atoms with Gasteiger partial charge in [0.2, 0.25) is 0 Å². The van der Waals surface area contributed by atoms with Gasteiger partial charge in [-0.1, -0.05) is 32.0 Å². The Balaban J connectivity index is 2.09. The maximum absolute atomic E-state index is 12.4. The molecule has 0 heterocycles. The molecule has 2 aromatic carbocycles. The summed E-state index contributed by atoms with van der Waals surface area (Å²) in [5.41, 5.74) is 2.32. The van der Waals surface area contributed by atoms with Crippen LogP contribution in [0.4, 0.5) is 11.4 Å². The van der Waals surface area contributed by atoms with E-state index in [2.05, 4.69) is 19.2 Å². The second kappa shape index (κ2) is 7.79. The summed E-state index contributed by atoms with van der Waals surface area (Å²) in [6, 6.07) is 12.1. The summed E-state index contributed by atoms with van der Waals surface area (Å²) in [7, 11) is 0. The van der Waals surface area contributed by atoms with E-state index in [-0.39, 0.29) is 17.5 Å². The van der Waals surface area contributed by atoms with Crippen molar-refractivity contribution in [2.24, 2.45) is 0 Å². The molecule has 6 nitrogen and oxygen atoms in total. The van der Waals surface area contributed by atoms with Crippen molar-refractivity contribution in [1.29, 1.82) is 0 Å². The molecule has 1 unspecified atom stereocenters. The number of carbonyl (C=O) groups is 1. The quantitative estimate of drug-likeness (QED) is 0.622. The first-order valence-electron chi connectivity index (χ1n) is 8.11. The molecule has 0 spiro atoms. The van der Waals surface area contributed by atoms with Crippen LogP contribution in [-0.2, 0) is 4.79 Å². The molecule has 0 aliphatic heterocycles. The molecule has 2 aromatic rings. The number of hydrogen-bond acceptors (Lipinski definition) is 4. The van der Waals surface area contributed by atoms with Gasteiger partial charge >= 0.3 is 0 Å². The number of nitro groups is 1. The lowest BCUT2D eigenvalue weighted by molar-refractivity contribution is -0.385. The highest BCUT2D eigenvalue weighted by molar-refractivity contribution is 5.94. The van der Waals surface area contributed by atoms with Crippen molar-refractivity contribution >= 4 is 17.3 Å². The van der Waals surface area contributed by atoms with E-state index in [0.29, 0.717) is 11.3 Å². The first kappa shape index (κ1) is 18.4. The minimum Gasteiger partial charge on any atom is -0.481 e. The van der Waals surface area contributed by atoms with Crippen LogP contribution in [0.25, 0.3) is 0 Å². The Morgan fingerprint density at radius 1 is 1.16 bits per heavy atom. The van der Waals surface area contributed by atoms with Crippen molar-refractivity contribution in [2.45, 2.75) is 39.7 Å². The molecule has 1 amide bonds. The minimum absolute atomic E-state index is 0.0234. The molecule has 132 valence electrons. The number of nitrogens with zero attached hydrogens (tertiary/aromatic N) is 1. The average molecular weight is 342 g/mol. The summed E-state index contributed by atoms with van der Waals surface area (Å²) in [5, 5.41) is 13.7. The summed E-state index contributed by atoms with van der Waals surface area (Å²) in [4.78, 5) is 22.8. The Morgan fingerprint density at radius 3 is 2.44 bits per heavy atom. The molecule has 0 saturated heterocycles. The van der Waals surface area contributed by atoms with Gasteiger partial charge in [0.05, 0.1) is 4.92 Å². The smallest absolute Gasteiger partial charge is 0.272 e. The van der Waals surface area contributed by atoms with Gasteiger partial charge in [-0.3, -0.25) is 14.9 Å². The highest BCUT2D eigenvalue weighted by Crippen LogP contribution is 2.25. The summed E-state index contributed by atoms with van der Waals surface area (Å²) < 4.78 is 5.63. The molecule has 6 heteroatoms.